The molecule has 2 aromatic carbocycles. The molecule has 0 unspecified atom stereocenters. The molecule has 0 fully saturated rings. The van der Waals surface area contributed by atoms with Crippen LogP contribution in [0.5, 0.6) is 0 Å². The molecule has 130 valence electrons. The van der Waals surface area contributed by atoms with Gasteiger partial charge in [-0.3, -0.25) is 0 Å². The molecule has 2 aromatic rings. The molecule has 0 amide bonds. The van der Waals surface area contributed by atoms with Gasteiger partial charge >= 0.3 is 0 Å². The van der Waals surface area contributed by atoms with Crippen molar-refractivity contribution >= 4 is 22.1 Å². The molecule has 2 nitrogen and oxygen atoms in total. The second kappa shape index (κ2) is 8.96. The molecule has 0 radical (unpaired) electrons. The van der Waals surface area contributed by atoms with E-state index in [1.165, 1.54) is 86.4 Å². The fourth-order valence-corrected chi connectivity index (χ4v) is 3.80. The maximum absolute atomic E-state index is 3.68. The van der Waals surface area contributed by atoms with Gasteiger partial charge < -0.3 is 10.6 Å². The van der Waals surface area contributed by atoms with E-state index in [4.69, 9.17) is 0 Å². The van der Waals surface area contributed by atoms with Gasteiger partial charge in [-0.2, -0.15) is 0 Å². The fourth-order valence-electron chi connectivity index (χ4n) is 3.80. The molecule has 1 aliphatic rings. The van der Waals surface area contributed by atoms with E-state index < -0.39 is 0 Å². The van der Waals surface area contributed by atoms with Gasteiger partial charge in [0.2, 0.25) is 0 Å². The number of rotatable bonds is 10. The van der Waals surface area contributed by atoms with Gasteiger partial charge in [-0.05, 0) is 30.4 Å². The minimum Gasteiger partial charge on any atom is -0.365 e. The van der Waals surface area contributed by atoms with Crippen LogP contribution in [0.3, 0.4) is 0 Å². The maximum Gasteiger partial charge on any atom is 0.0963 e. The third-order valence-corrected chi connectivity index (χ3v) is 5.16. The molecule has 3 rings (SSSR count). The number of unbranched alkanes of at least 4 members (excludes halogenated alkanes) is 8. The molecule has 0 atom stereocenters. The molecule has 0 saturated heterocycles. The fraction of sp³-hybridized carbons (Fsp3) is 0.545. The zero-order valence-corrected chi connectivity index (χ0v) is 15.1. The molecule has 0 spiro atoms. The number of anilines is 2. The maximum atomic E-state index is 3.68. The predicted octanol–water partition coefficient (Wildman–Crippen LogP) is 6.92. The number of hydrogen-bond donors (Lipinski definition) is 2. The quantitative estimate of drug-likeness (QED) is 0.463. The Labute approximate surface area is 147 Å². The summed E-state index contributed by atoms with van der Waals surface area (Å²) in [6.45, 7) is 2.28. The van der Waals surface area contributed by atoms with Crippen LogP contribution in [0.2, 0.25) is 0 Å². The van der Waals surface area contributed by atoms with Crippen LogP contribution in [0, 0.1) is 0 Å². The van der Waals surface area contributed by atoms with Gasteiger partial charge in [0.25, 0.3) is 0 Å². The molecule has 1 aliphatic heterocycles. The molecule has 24 heavy (non-hydrogen) atoms. The zero-order valence-electron chi connectivity index (χ0n) is 15.1. The van der Waals surface area contributed by atoms with Crippen molar-refractivity contribution in [3.63, 3.8) is 0 Å². The van der Waals surface area contributed by atoms with E-state index in [0.717, 1.165) is 0 Å². The van der Waals surface area contributed by atoms with Gasteiger partial charge in [-0.25, -0.2) is 0 Å². The smallest absolute Gasteiger partial charge is 0.0963 e. The minimum absolute atomic E-state index is 0.370. The summed E-state index contributed by atoms with van der Waals surface area (Å²) in [7, 11) is 0. The van der Waals surface area contributed by atoms with Gasteiger partial charge in [0.05, 0.1) is 6.17 Å². The number of nitrogens with one attached hydrogen (secondary N) is 2. The van der Waals surface area contributed by atoms with Gasteiger partial charge in [-0.1, -0.05) is 82.6 Å². The average Bonchev–Trinajstić information content (AvgIpc) is 2.61. The highest BCUT2D eigenvalue weighted by Crippen LogP contribution is 2.35. The Morgan fingerprint density at radius 1 is 0.708 bits per heavy atom. The molecule has 0 aromatic heterocycles. The highest BCUT2D eigenvalue weighted by molar-refractivity contribution is 6.04. The van der Waals surface area contributed by atoms with E-state index in [9.17, 15) is 0 Å². The van der Waals surface area contributed by atoms with Crippen molar-refractivity contribution in [1.82, 2.24) is 0 Å². The summed E-state index contributed by atoms with van der Waals surface area (Å²) in [6.07, 6.45) is 14.1. The highest BCUT2D eigenvalue weighted by atomic mass is 15.1. The first-order valence-corrected chi connectivity index (χ1v) is 9.93. The summed E-state index contributed by atoms with van der Waals surface area (Å²) in [5.41, 5.74) is 2.56. The van der Waals surface area contributed by atoms with Crippen LogP contribution in [0.25, 0.3) is 10.8 Å². The van der Waals surface area contributed by atoms with Crippen molar-refractivity contribution in [3.8, 4) is 0 Å². The lowest BCUT2D eigenvalue weighted by atomic mass is 10.0. The summed E-state index contributed by atoms with van der Waals surface area (Å²) >= 11 is 0. The number of hydrogen-bond acceptors (Lipinski definition) is 2. The summed E-state index contributed by atoms with van der Waals surface area (Å²) in [5, 5.41) is 10.00. The first-order chi connectivity index (χ1) is 11.9. The number of benzene rings is 2. The summed E-state index contributed by atoms with van der Waals surface area (Å²) in [5.74, 6) is 0. The van der Waals surface area contributed by atoms with Gasteiger partial charge in [0.1, 0.15) is 0 Å². The Morgan fingerprint density at radius 3 is 1.83 bits per heavy atom. The van der Waals surface area contributed by atoms with Gasteiger partial charge in [-0.15, -0.1) is 0 Å². The van der Waals surface area contributed by atoms with E-state index in [2.05, 4.69) is 54.0 Å². The standard InChI is InChI=1S/C22H32N2/c1-2-3-4-5-6-7-8-9-10-17-21-23-19-15-11-13-18-14-12-16-20(24-21)22(18)19/h11-16,21,23-24H,2-10,17H2,1H3. The lowest BCUT2D eigenvalue weighted by Crippen LogP contribution is -2.31. The molecule has 2 N–H and O–H groups in total. The van der Waals surface area contributed by atoms with Crippen LogP contribution in [0.15, 0.2) is 36.4 Å². The van der Waals surface area contributed by atoms with E-state index in [1.54, 1.807) is 0 Å². The summed E-state index contributed by atoms with van der Waals surface area (Å²) in [4.78, 5) is 0. The van der Waals surface area contributed by atoms with Crippen LogP contribution in [0.4, 0.5) is 11.4 Å². The molecule has 2 heteroatoms. The zero-order chi connectivity index (χ0) is 16.6. The molecular weight excluding hydrogens is 292 g/mol. The van der Waals surface area contributed by atoms with Crippen molar-refractivity contribution in [2.45, 2.75) is 77.3 Å². The first kappa shape index (κ1) is 17.1. The Bertz CT molecular complexity index is 594. The molecule has 0 saturated carbocycles. The molecule has 0 bridgehead atoms. The Morgan fingerprint density at radius 2 is 1.25 bits per heavy atom. The third-order valence-electron chi connectivity index (χ3n) is 5.16. The van der Waals surface area contributed by atoms with Crippen molar-refractivity contribution in [3.05, 3.63) is 36.4 Å². The topological polar surface area (TPSA) is 24.1 Å². The third kappa shape index (κ3) is 4.43. The molecule has 1 heterocycles. The van der Waals surface area contributed by atoms with Crippen molar-refractivity contribution < 1.29 is 0 Å². The van der Waals surface area contributed by atoms with E-state index in [1.807, 2.05) is 0 Å². The molecular formula is C22H32N2. The Balaban J connectivity index is 1.38. The van der Waals surface area contributed by atoms with Crippen molar-refractivity contribution in [2.24, 2.45) is 0 Å². The summed E-state index contributed by atoms with van der Waals surface area (Å²) in [6, 6.07) is 13.1. The van der Waals surface area contributed by atoms with E-state index >= 15 is 0 Å². The van der Waals surface area contributed by atoms with Gasteiger partial charge in [0, 0.05) is 16.8 Å². The Hall–Kier alpha value is -1.70. The Kier molecular flexibility index (Phi) is 6.40. The monoisotopic (exact) mass is 324 g/mol. The SMILES string of the molecule is CCCCCCCCCCCC1Nc2cccc3cccc(c23)N1. The van der Waals surface area contributed by atoms with Crippen molar-refractivity contribution in [1.29, 1.82) is 0 Å². The van der Waals surface area contributed by atoms with Crippen LogP contribution >= 0.6 is 0 Å². The van der Waals surface area contributed by atoms with Crippen LogP contribution < -0.4 is 10.6 Å². The largest absolute Gasteiger partial charge is 0.365 e. The van der Waals surface area contributed by atoms with E-state index in [0.29, 0.717) is 6.17 Å². The lowest BCUT2D eigenvalue weighted by molar-refractivity contribution is 0.546. The predicted molar refractivity (Wildman–Crippen MR) is 107 cm³/mol. The van der Waals surface area contributed by atoms with Crippen molar-refractivity contribution in [2.75, 3.05) is 10.6 Å². The van der Waals surface area contributed by atoms with Crippen LogP contribution in [-0.2, 0) is 0 Å². The van der Waals surface area contributed by atoms with Crippen LogP contribution in [-0.4, -0.2) is 6.17 Å². The average molecular weight is 325 g/mol. The highest BCUT2D eigenvalue weighted by Gasteiger charge is 2.17. The molecule has 0 aliphatic carbocycles. The van der Waals surface area contributed by atoms with Crippen LogP contribution in [0.1, 0.15) is 71.1 Å². The minimum atomic E-state index is 0.370. The first-order valence-electron chi connectivity index (χ1n) is 9.93. The lowest BCUT2D eigenvalue weighted by Gasteiger charge is -2.29. The normalized spacial score (nSPS) is 13.7. The second-order valence-electron chi connectivity index (χ2n) is 7.17. The summed E-state index contributed by atoms with van der Waals surface area (Å²) < 4.78 is 0. The van der Waals surface area contributed by atoms with E-state index in [-0.39, 0.29) is 0 Å². The van der Waals surface area contributed by atoms with Gasteiger partial charge in [0.15, 0.2) is 0 Å². The second-order valence-corrected chi connectivity index (χ2v) is 7.17.